The van der Waals surface area contributed by atoms with Gasteiger partial charge in [-0.15, -0.1) is 0 Å². The molecule has 0 N–H and O–H groups in total. The molecule has 1 unspecified atom stereocenters. The predicted molar refractivity (Wildman–Crippen MR) is 78.2 cm³/mol. The Hall–Kier alpha value is -1.83. The van der Waals surface area contributed by atoms with Crippen molar-refractivity contribution in [3.8, 4) is 0 Å². The van der Waals surface area contributed by atoms with Gasteiger partial charge in [0.2, 0.25) is 0 Å². The number of fused-ring (bicyclic) bond motifs is 1. The Morgan fingerprint density at radius 3 is 2.74 bits per heavy atom. The van der Waals surface area contributed by atoms with Gasteiger partial charge < -0.3 is 4.74 Å². The van der Waals surface area contributed by atoms with E-state index in [2.05, 4.69) is 49.4 Å². The summed E-state index contributed by atoms with van der Waals surface area (Å²) in [5.41, 5.74) is 1.41. The van der Waals surface area contributed by atoms with Gasteiger partial charge in [0.15, 0.2) is 0 Å². The molecule has 0 spiro atoms. The fraction of sp³-hybridized carbons (Fsp3) is 0.353. The van der Waals surface area contributed by atoms with Gasteiger partial charge in [-0.2, -0.15) is 0 Å². The Balaban J connectivity index is 2.01. The van der Waals surface area contributed by atoms with Crippen molar-refractivity contribution in [2.45, 2.75) is 32.1 Å². The summed E-state index contributed by atoms with van der Waals surface area (Å²) in [5.74, 6) is 0.530. The Kier molecular flexibility index (Phi) is 4.96. The van der Waals surface area contributed by atoms with E-state index in [0.29, 0.717) is 19.0 Å². The minimum Gasteiger partial charge on any atom is -0.468 e. The summed E-state index contributed by atoms with van der Waals surface area (Å²) < 4.78 is 4.71. The maximum absolute atomic E-state index is 10.0. The highest BCUT2D eigenvalue weighted by molar-refractivity contribution is 5.86. The summed E-state index contributed by atoms with van der Waals surface area (Å²) in [6.07, 6.45) is 3.14. The molecule has 0 fully saturated rings. The van der Waals surface area contributed by atoms with Crippen LogP contribution in [0.3, 0.4) is 0 Å². The van der Waals surface area contributed by atoms with Crippen LogP contribution < -0.4 is 0 Å². The first-order chi connectivity index (χ1) is 9.33. The molecule has 0 radical (unpaired) electrons. The molecule has 2 rings (SSSR count). The van der Waals surface area contributed by atoms with Gasteiger partial charge in [0.05, 0.1) is 6.61 Å². The van der Waals surface area contributed by atoms with E-state index in [4.69, 9.17) is 4.74 Å². The zero-order valence-electron chi connectivity index (χ0n) is 11.3. The molecule has 0 aromatic heterocycles. The number of hydrogen-bond acceptors (Lipinski definition) is 2. The number of unbranched alkanes of at least 4 members (excludes halogenated alkanes) is 1. The van der Waals surface area contributed by atoms with Crippen LogP contribution in [0.5, 0.6) is 0 Å². The number of hydrogen-bond donors (Lipinski definition) is 0. The first-order valence-electron chi connectivity index (χ1n) is 6.86. The fourth-order valence-corrected chi connectivity index (χ4v) is 2.52. The molecular weight excluding hydrogens is 236 g/mol. The summed E-state index contributed by atoms with van der Waals surface area (Å²) in [4.78, 5) is 10.0. The van der Waals surface area contributed by atoms with Gasteiger partial charge in [-0.25, -0.2) is 0 Å². The van der Waals surface area contributed by atoms with Crippen molar-refractivity contribution in [2.75, 3.05) is 6.61 Å². The summed E-state index contributed by atoms with van der Waals surface area (Å²) in [7, 11) is 0. The van der Waals surface area contributed by atoms with Gasteiger partial charge in [0.25, 0.3) is 6.47 Å². The fourth-order valence-electron chi connectivity index (χ4n) is 2.52. The maximum Gasteiger partial charge on any atom is 0.293 e. The minimum atomic E-state index is 0.522. The second-order valence-electron chi connectivity index (χ2n) is 4.93. The van der Waals surface area contributed by atoms with E-state index < -0.39 is 0 Å². The topological polar surface area (TPSA) is 26.3 Å². The molecule has 0 aliphatic heterocycles. The van der Waals surface area contributed by atoms with E-state index in [9.17, 15) is 4.79 Å². The Labute approximate surface area is 114 Å². The highest BCUT2D eigenvalue weighted by Gasteiger charge is 2.08. The standard InChI is InChI=1S/C17H20O2/c1-14(7-4-5-12-19-13-18)16-11-6-9-15-8-2-3-10-17(15)16/h2-3,6,8-11,13-14H,4-5,7,12H2,1H3. The molecule has 2 aromatic rings. The molecule has 0 heterocycles. The number of carbonyl (C=O) groups is 1. The monoisotopic (exact) mass is 256 g/mol. The van der Waals surface area contributed by atoms with Crippen LogP contribution in [0.2, 0.25) is 0 Å². The highest BCUT2D eigenvalue weighted by atomic mass is 16.5. The molecule has 0 amide bonds. The second-order valence-corrected chi connectivity index (χ2v) is 4.93. The zero-order chi connectivity index (χ0) is 13.5. The van der Waals surface area contributed by atoms with Crippen molar-refractivity contribution in [1.82, 2.24) is 0 Å². The quantitative estimate of drug-likeness (QED) is 0.545. The van der Waals surface area contributed by atoms with Gasteiger partial charge in [-0.1, -0.05) is 49.4 Å². The molecule has 1 atom stereocenters. The highest BCUT2D eigenvalue weighted by Crippen LogP contribution is 2.28. The number of rotatable bonds is 7. The lowest BCUT2D eigenvalue weighted by molar-refractivity contribution is -0.128. The number of benzene rings is 2. The largest absolute Gasteiger partial charge is 0.468 e. The Morgan fingerprint density at radius 1 is 1.11 bits per heavy atom. The van der Waals surface area contributed by atoms with Gasteiger partial charge in [0, 0.05) is 0 Å². The lowest BCUT2D eigenvalue weighted by atomic mass is 9.91. The molecule has 2 nitrogen and oxygen atoms in total. The maximum atomic E-state index is 10.0. The van der Waals surface area contributed by atoms with Crippen LogP contribution in [0.15, 0.2) is 42.5 Å². The average molecular weight is 256 g/mol. The van der Waals surface area contributed by atoms with Crippen LogP contribution in [0.4, 0.5) is 0 Å². The third kappa shape index (κ3) is 3.57. The molecule has 0 bridgehead atoms. The van der Waals surface area contributed by atoms with Gasteiger partial charge >= 0.3 is 0 Å². The Bertz CT molecular complexity index is 528. The van der Waals surface area contributed by atoms with Crippen molar-refractivity contribution in [3.05, 3.63) is 48.0 Å². The third-order valence-corrected chi connectivity index (χ3v) is 3.57. The lowest BCUT2D eigenvalue weighted by Crippen LogP contribution is -1.97. The predicted octanol–water partition coefficient (Wildman–Crippen LogP) is 4.29. The summed E-state index contributed by atoms with van der Waals surface area (Å²) >= 11 is 0. The zero-order valence-corrected chi connectivity index (χ0v) is 11.3. The molecule has 0 saturated heterocycles. The van der Waals surface area contributed by atoms with E-state index in [0.717, 1.165) is 19.3 Å². The SMILES string of the molecule is CC(CCCCOC=O)c1cccc2ccccc12. The normalized spacial score (nSPS) is 12.3. The van der Waals surface area contributed by atoms with Crippen molar-refractivity contribution >= 4 is 17.2 Å². The van der Waals surface area contributed by atoms with E-state index in [1.54, 1.807) is 0 Å². The third-order valence-electron chi connectivity index (χ3n) is 3.57. The molecular formula is C17H20O2. The van der Waals surface area contributed by atoms with Gasteiger partial charge in [-0.05, 0) is 41.5 Å². The van der Waals surface area contributed by atoms with Crippen LogP contribution in [0.1, 0.15) is 37.7 Å². The molecule has 0 saturated carbocycles. The molecule has 2 aromatic carbocycles. The molecule has 0 aliphatic carbocycles. The summed E-state index contributed by atoms with van der Waals surface area (Å²) in [6, 6.07) is 15.0. The van der Waals surface area contributed by atoms with Crippen molar-refractivity contribution in [2.24, 2.45) is 0 Å². The second kappa shape index (κ2) is 6.93. The van der Waals surface area contributed by atoms with Crippen LogP contribution >= 0.6 is 0 Å². The van der Waals surface area contributed by atoms with Crippen molar-refractivity contribution in [3.63, 3.8) is 0 Å². The summed E-state index contributed by atoms with van der Waals surface area (Å²) in [5, 5.41) is 2.65. The van der Waals surface area contributed by atoms with Crippen molar-refractivity contribution in [1.29, 1.82) is 0 Å². The minimum absolute atomic E-state index is 0.522. The summed E-state index contributed by atoms with van der Waals surface area (Å²) in [6.45, 7) is 3.32. The Morgan fingerprint density at radius 2 is 1.89 bits per heavy atom. The van der Waals surface area contributed by atoms with Crippen LogP contribution in [0.25, 0.3) is 10.8 Å². The van der Waals surface area contributed by atoms with Crippen LogP contribution in [-0.2, 0) is 9.53 Å². The van der Waals surface area contributed by atoms with Gasteiger partial charge in [0.1, 0.15) is 0 Å². The first kappa shape index (κ1) is 13.6. The molecule has 0 aliphatic rings. The van der Waals surface area contributed by atoms with Crippen LogP contribution in [-0.4, -0.2) is 13.1 Å². The molecule has 100 valence electrons. The van der Waals surface area contributed by atoms with E-state index in [-0.39, 0.29) is 0 Å². The van der Waals surface area contributed by atoms with Crippen LogP contribution in [0, 0.1) is 0 Å². The molecule has 19 heavy (non-hydrogen) atoms. The molecule has 2 heteroatoms. The van der Waals surface area contributed by atoms with Gasteiger partial charge in [-0.3, -0.25) is 4.79 Å². The lowest BCUT2D eigenvalue weighted by Gasteiger charge is -2.14. The van der Waals surface area contributed by atoms with E-state index in [1.165, 1.54) is 16.3 Å². The average Bonchev–Trinajstić information content (AvgIpc) is 2.46. The van der Waals surface area contributed by atoms with Crippen molar-refractivity contribution < 1.29 is 9.53 Å². The number of ether oxygens (including phenoxy) is 1. The smallest absolute Gasteiger partial charge is 0.293 e. The van der Waals surface area contributed by atoms with E-state index >= 15 is 0 Å². The first-order valence-corrected chi connectivity index (χ1v) is 6.86. The van der Waals surface area contributed by atoms with E-state index in [1.807, 2.05) is 0 Å². The number of carbonyl (C=O) groups excluding carboxylic acids is 1.